The maximum Gasteiger partial charge on any atom is 0.192 e. The minimum atomic E-state index is -1.85. The standard InChI is InChI=1S/C19H42O5Si2/c1-19(2,3)26(7,8)24-15-18(11-9-10-17(21)14-20)23-16-22-12-13-25(4,5)6/h9,11,17-18,20-21H,10,12-16H2,1-8H3/b11-9-/t17-,18-/m0/s1. The lowest BCUT2D eigenvalue weighted by atomic mass is 10.2. The SMILES string of the molecule is CC(C)(C)[Si](C)(C)OC[C@H](/C=C\C[C@H](O)CO)OCOCC[Si](C)(C)C. The van der Waals surface area contributed by atoms with E-state index in [1.807, 2.05) is 12.2 Å². The summed E-state index contributed by atoms with van der Waals surface area (Å²) in [5, 5.41) is 18.5. The van der Waals surface area contributed by atoms with Crippen LogP contribution in [0.15, 0.2) is 12.2 Å². The Morgan fingerprint density at radius 1 is 1.08 bits per heavy atom. The van der Waals surface area contributed by atoms with Crippen LogP contribution in [0.1, 0.15) is 27.2 Å². The molecule has 0 heterocycles. The van der Waals surface area contributed by atoms with E-state index < -0.39 is 22.5 Å². The van der Waals surface area contributed by atoms with Crippen LogP contribution >= 0.6 is 0 Å². The molecule has 2 atom stereocenters. The van der Waals surface area contributed by atoms with Gasteiger partial charge in [-0.25, -0.2) is 0 Å². The molecule has 0 aliphatic carbocycles. The van der Waals surface area contributed by atoms with E-state index in [9.17, 15) is 5.11 Å². The Morgan fingerprint density at radius 3 is 2.19 bits per heavy atom. The lowest BCUT2D eigenvalue weighted by Crippen LogP contribution is -2.42. The van der Waals surface area contributed by atoms with Crippen molar-refractivity contribution in [2.75, 3.05) is 26.6 Å². The molecule has 5 nitrogen and oxygen atoms in total. The predicted molar refractivity (Wildman–Crippen MR) is 114 cm³/mol. The van der Waals surface area contributed by atoms with Gasteiger partial charge in [0.05, 0.1) is 19.3 Å². The topological polar surface area (TPSA) is 68.2 Å². The average molecular weight is 407 g/mol. The Morgan fingerprint density at radius 2 is 1.69 bits per heavy atom. The third-order valence-electron chi connectivity index (χ3n) is 4.75. The third-order valence-corrected chi connectivity index (χ3v) is 11.0. The van der Waals surface area contributed by atoms with Gasteiger partial charge in [0.1, 0.15) is 12.9 Å². The maximum atomic E-state index is 9.47. The second kappa shape index (κ2) is 11.7. The van der Waals surface area contributed by atoms with Crippen LogP contribution in [0.25, 0.3) is 0 Å². The fraction of sp³-hybridized carbons (Fsp3) is 0.895. The molecule has 156 valence electrons. The lowest BCUT2D eigenvalue weighted by molar-refractivity contribution is -0.0823. The van der Waals surface area contributed by atoms with Crippen molar-refractivity contribution >= 4 is 16.4 Å². The van der Waals surface area contributed by atoms with Gasteiger partial charge in [-0.3, -0.25) is 0 Å². The molecule has 0 rings (SSSR count). The van der Waals surface area contributed by atoms with Gasteiger partial charge in [-0.05, 0) is 30.6 Å². The summed E-state index contributed by atoms with van der Waals surface area (Å²) in [5.74, 6) is 0. The van der Waals surface area contributed by atoms with Crippen LogP contribution in [0.5, 0.6) is 0 Å². The van der Waals surface area contributed by atoms with Gasteiger partial charge in [-0.1, -0.05) is 52.6 Å². The van der Waals surface area contributed by atoms with Crippen LogP contribution in [-0.2, 0) is 13.9 Å². The zero-order chi connectivity index (χ0) is 20.4. The van der Waals surface area contributed by atoms with Gasteiger partial charge in [-0.15, -0.1) is 0 Å². The molecular formula is C19H42O5Si2. The molecule has 0 saturated heterocycles. The molecule has 0 bridgehead atoms. The highest BCUT2D eigenvalue weighted by molar-refractivity contribution is 6.76. The summed E-state index contributed by atoms with van der Waals surface area (Å²) in [5.41, 5.74) is 0. The summed E-state index contributed by atoms with van der Waals surface area (Å²) in [6, 6.07) is 1.11. The molecular weight excluding hydrogens is 364 g/mol. The van der Waals surface area contributed by atoms with E-state index >= 15 is 0 Å². The van der Waals surface area contributed by atoms with E-state index in [4.69, 9.17) is 19.0 Å². The van der Waals surface area contributed by atoms with Crippen molar-refractivity contribution in [2.24, 2.45) is 0 Å². The molecule has 7 heteroatoms. The Hall–Kier alpha value is -0.0262. The molecule has 0 aliphatic heterocycles. The van der Waals surface area contributed by atoms with Crippen molar-refractivity contribution < 1.29 is 24.1 Å². The maximum absolute atomic E-state index is 9.47. The van der Waals surface area contributed by atoms with Gasteiger partial charge in [0.15, 0.2) is 8.32 Å². The molecule has 0 aromatic heterocycles. The number of hydrogen-bond acceptors (Lipinski definition) is 5. The summed E-state index contributed by atoms with van der Waals surface area (Å²) in [6.07, 6.45) is 3.17. The van der Waals surface area contributed by atoms with Gasteiger partial charge < -0.3 is 24.1 Å². The summed E-state index contributed by atoms with van der Waals surface area (Å²) >= 11 is 0. The second-order valence-electron chi connectivity index (χ2n) is 9.61. The van der Waals surface area contributed by atoms with Crippen LogP contribution in [0.4, 0.5) is 0 Å². The lowest BCUT2D eigenvalue weighted by Gasteiger charge is -2.37. The molecule has 0 amide bonds. The van der Waals surface area contributed by atoms with Crippen molar-refractivity contribution in [2.45, 2.75) is 83.2 Å². The predicted octanol–water partition coefficient (Wildman–Crippen LogP) is 4.01. The van der Waals surface area contributed by atoms with Crippen LogP contribution in [-0.4, -0.2) is 65.4 Å². The molecule has 26 heavy (non-hydrogen) atoms. The van der Waals surface area contributed by atoms with Crippen LogP contribution in [0.2, 0.25) is 43.8 Å². The molecule has 0 aromatic carbocycles. The van der Waals surface area contributed by atoms with Gasteiger partial charge in [0.2, 0.25) is 0 Å². The summed E-state index contributed by atoms with van der Waals surface area (Å²) < 4.78 is 17.7. The zero-order valence-electron chi connectivity index (χ0n) is 18.2. The smallest absolute Gasteiger partial charge is 0.192 e. The van der Waals surface area contributed by atoms with Crippen LogP contribution in [0, 0.1) is 0 Å². The van der Waals surface area contributed by atoms with E-state index in [1.165, 1.54) is 0 Å². The minimum absolute atomic E-state index is 0.141. The molecule has 0 radical (unpaired) electrons. The Balaban J connectivity index is 4.55. The summed E-state index contributed by atoms with van der Waals surface area (Å²) in [6.45, 7) is 19.2. The molecule has 0 fully saturated rings. The van der Waals surface area contributed by atoms with Crippen molar-refractivity contribution in [1.29, 1.82) is 0 Å². The molecule has 0 saturated carbocycles. The highest BCUT2D eigenvalue weighted by Crippen LogP contribution is 2.36. The quantitative estimate of drug-likeness (QED) is 0.209. The summed E-state index contributed by atoms with van der Waals surface area (Å²) in [7, 11) is -2.95. The fourth-order valence-corrected chi connectivity index (χ4v) is 3.47. The number of ether oxygens (including phenoxy) is 2. The zero-order valence-corrected chi connectivity index (χ0v) is 20.2. The van der Waals surface area contributed by atoms with Crippen LogP contribution < -0.4 is 0 Å². The fourth-order valence-electron chi connectivity index (χ4n) is 1.70. The van der Waals surface area contributed by atoms with Gasteiger partial charge in [-0.2, -0.15) is 0 Å². The number of hydrogen-bond donors (Lipinski definition) is 2. The number of aliphatic hydroxyl groups is 2. The average Bonchev–Trinajstić information content (AvgIpc) is 2.49. The number of rotatable bonds is 13. The first kappa shape index (κ1) is 26.0. The van der Waals surface area contributed by atoms with E-state index in [2.05, 4.69) is 53.5 Å². The van der Waals surface area contributed by atoms with Gasteiger partial charge >= 0.3 is 0 Å². The highest BCUT2D eigenvalue weighted by Gasteiger charge is 2.37. The van der Waals surface area contributed by atoms with E-state index in [0.717, 1.165) is 12.7 Å². The molecule has 0 aliphatic rings. The van der Waals surface area contributed by atoms with Crippen molar-refractivity contribution in [3.8, 4) is 0 Å². The van der Waals surface area contributed by atoms with E-state index in [0.29, 0.717) is 13.0 Å². The molecule has 2 N–H and O–H groups in total. The van der Waals surface area contributed by atoms with Gasteiger partial charge in [0.25, 0.3) is 0 Å². The first-order valence-electron chi connectivity index (χ1n) is 9.57. The Labute approximate surface area is 162 Å². The first-order valence-corrected chi connectivity index (χ1v) is 16.2. The highest BCUT2D eigenvalue weighted by atomic mass is 28.4. The van der Waals surface area contributed by atoms with Crippen molar-refractivity contribution in [3.05, 3.63) is 12.2 Å². The Kier molecular flexibility index (Phi) is 11.7. The third kappa shape index (κ3) is 12.4. The molecule has 0 unspecified atom stereocenters. The van der Waals surface area contributed by atoms with Crippen molar-refractivity contribution in [1.82, 2.24) is 0 Å². The van der Waals surface area contributed by atoms with Crippen LogP contribution in [0.3, 0.4) is 0 Å². The summed E-state index contributed by atoms with van der Waals surface area (Å²) in [4.78, 5) is 0. The first-order chi connectivity index (χ1) is 11.8. The van der Waals surface area contributed by atoms with Gasteiger partial charge in [0, 0.05) is 14.7 Å². The number of aliphatic hydroxyl groups excluding tert-OH is 2. The van der Waals surface area contributed by atoms with Crippen molar-refractivity contribution in [3.63, 3.8) is 0 Å². The largest absolute Gasteiger partial charge is 0.414 e. The normalized spacial score (nSPS) is 16.2. The Bertz CT molecular complexity index is 400. The monoisotopic (exact) mass is 406 g/mol. The van der Waals surface area contributed by atoms with E-state index in [-0.39, 0.29) is 24.5 Å². The molecule has 0 aromatic rings. The van der Waals surface area contributed by atoms with E-state index in [1.54, 1.807) is 0 Å². The molecule has 0 spiro atoms. The second-order valence-corrected chi connectivity index (χ2v) is 20.0. The minimum Gasteiger partial charge on any atom is -0.414 e.